The topological polar surface area (TPSA) is 76.7 Å². The van der Waals surface area contributed by atoms with Gasteiger partial charge in [0.05, 0.1) is 6.20 Å². The first kappa shape index (κ1) is 9.67. The van der Waals surface area contributed by atoms with Crippen molar-refractivity contribution in [3.05, 3.63) is 35.9 Å². The van der Waals surface area contributed by atoms with Gasteiger partial charge in [-0.1, -0.05) is 11.6 Å². The van der Waals surface area contributed by atoms with E-state index in [9.17, 15) is 0 Å². The lowest BCUT2D eigenvalue weighted by atomic mass is 10.4. The number of nitrogens with zero attached hydrogens (tertiary/aromatic N) is 3. The quantitative estimate of drug-likeness (QED) is 0.757. The fourth-order valence-corrected chi connectivity index (χ4v) is 1.29. The molecule has 2 rings (SSSR count). The fraction of sp³-hybridized carbons (Fsp3) is 0. The summed E-state index contributed by atoms with van der Waals surface area (Å²) < 4.78 is 0. The van der Waals surface area contributed by atoms with Crippen LogP contribution in [0.15, 0.2) is 30.7 Å². The monoisotopic (exact) mass is 221 g/mol. The average molecular weight is 222 g/mol. The Morgan fingerprint density at radius 3 is 2.73 bits per heavy atom. The van der Waals surface area contributed by atoms with Gasteiger partial charge in [-0.25, -0.2) is 9.97 Å². The van der Waals surface area contributed by atoms with Crippen LogP contribution in [-0.2, 0) is 0 Å². The molecule has 0 saturated carbocycles. The fourth-order valence-electron chi connectivity index (χ4n) is 1.08. The van der Waals surface area contributed by atoms with Gasteiger partial charge in [-0.2, -0.15) is 0 Å². The Kier molecular flexibility index (Phi) is 2.64. The minimum absolute atomic E-state index is 0.335. The summed E-state index contributed by atoms with van der Waals surface area (Å²) in [7, 11) is 0. The summed E-state index contributed by atoms with van der Waals surface area (Å²) in [5.74, 6) is 1.13. The molecule has 76 valence electrons. The first-order valence-corrected chi connectivity index (χ1v) is 4.58. The maximum Gasteiger partial charge on any atom is 0.150 e. The van der Waals surface area contributed by atoms with Gasteiger partial charge < -0.3 is 11.1 Å². The van der Waals surface area contributed by atoms with Gasteiger partial charge in [0.1, 0.15) is 16.8 Å². The van der Waals surface area contributed by atoms with Gasteiger partial charge in [0.2, 0.25) is 0 Å². The molecule has 0 amide bonds. The Bertz CT molecular complexity index is 439. The van der Waals surface area contributed by atoms with Crippen molar-refractivity contribution in [3.8, 4) is 0 Å². The molecule has 2 aromatic heterocycles. The van der Waals surface area contributed by atoms with Crippen LogP contribution >= 0.6 is 11.6 Å². The second kappa shape index (κ2) is 4.10. The third kappa shape index (κ3) is 2.54. The smallest absolute Gasteiger partial charge is 0.150 e. The van der Waals surface area contributed by atoms with Crippen molar-refractivity contribution < 1.29 is 0 Å². The van der Waals surface area contributed by atoms with Gasteiger partial charge in [0, 0.05) is 24.1 Å². The Hall–Kier alpha value is -1.88. The van der Waals surface area contributed by atoms with Crippen molar-refractivity contribution in [3.63, 3.8) is 0 Å². The van der Waals surface area contributed by atoms with Crippen molar-refractivity contribution in [2.75, 3.05) is 11.1 Å². The summed E-state index contributed by atoms with van der Waals surface area (Å²) in [6.45, 7) is 0. The molecule has 6 heteroatoms. The van der Waals surface area contributed by atoms with Crippen molar-refractivity contribution in [2.45, 2.75) is 0 Å². The van der Waals surface area contributed by atoms with Crippen LogP contribution in [0.4, 0.5) is 17.3 Å². The molecular formula is C9H8ClN5. The lowest BCUT2D eigenvalue weighted by Gasteiger charge is -2.04. The number of hydrogen-bond acceptors (Lipinski definition) is 5. The summed E-state index contributed by atoms with van der Waals surface area (Å²) >= 11 is 5.75. The molecule has 15 heavy (non-hydrogen) atoms. The number of nitrogens with two attached hydrogens (primary N) is 1. The molecule has 5 nitrogen and oxygen atoms in total. The number of hydrogen-bond donors (Lipinski definition) is 2. The zero-order valence-electron chi connectivity index (χ0n) is 7.68. The average Bonchev–Trinajstić information content (AvgIpc) is 2.17. The van der Waals surface area contributed by atoms with E-state index in [4.69, 9.17) is 17.3 Å². The van der Waals surface area contributed by atoms with Gasteiger partial charge in [-0.05, 0) is 6.07 Å². The molecule has 0 aromatic carbocycles. The minimum atomic E-state index is 0.335. The van der Waals surface area contributed by atoms with Gasteiger partial charge in [0.15, 0.2) is 0 Å². The van der Waals surface area contributed by atoms with Crippen molar-refractivity contribution >= 4 is 28.9 Å². The zero-order chi connectivity index (χ0) is 10.7. The van der Waals surface area contributed by atoms with Crippen LogP contribution in [0.25, 0.3) is 0 Å². The van der Waals surface area contributed by atoms with Crippen molar-refractivity contribution in [1.82, 2.24) is 15.0 Å². The SMILES string of the molecule is Nc1cc(Cl)nc(Nc2cnccn2)c1. The Morgan fingerprint density at radius 1 is 1.20 bits per heavy atom. The number of rotatable bonds is 2. The maximum atomic E-state index is 5.75. The molecule has 0 radical (unpaired) electrons. The van der Waals surface area contributed by atoms with Crippen LogP contribution in [0.2, 0.25) is 5.15 Å². The molecule has 0 bridgehead atoms. The Labute approximate surface area is 91.3 Å². The van der Waals surface area contributed by atoms with Gasteiger partial charge in [0.25, 0.3) is 0 Å². The largest absolute Gasteiger partial charge is 0.399 e. The van der Waals surface area contributed by atoms with Crippen LogP contribution < -0.4 is 11.1 Å². The van der Waals surface area contributed by atoms with Gasteiger partial charge in [-0.15, -0.1) is 0 Å². The molecule has 0 aliphatic heterocycles. The van der Waals surface area contributed by atoms with E-state index >= 15 is 0 Å². The lowest BCUT2D eigenvalue weighted by Crippen LogP contribution is -1.97. The lowest BCUT2D eigenvalue weighted by molar-refractivity contribution is 1.18. The first-order valence-electron chi connectivity index (χ1n) is 4.20. The van der Waals surface area contributed by atoms with E-state index in [1.165, 1.54) is 0 Å². The van der Waals surface area contributed by atoms with Crippen LogP contribution in [0.5, 0.6) is 0 Å². The maximum absolute atomic E-state index is 5.75. The third-order valence-corrected chi connectivity index (χ3v) is 1.83. The molecular weight excluding hydrogens is 214 g/mol. The van der Waals surface area contributed by atoms with Crippen molar-refractivity contribution in [1.29, 1.82) is 0 Å². The molecule has 2 aromatic rings. The second-order valence-electron chi connectivity index (χ2n) is 2.82. The molecule has 0 aliphatic rings. The predicted molar refractivity (Wildman–Crippen MR) is 59.0 cm³/mol. The summed E-state index contributed by atoms with van der Waals surface area (Å²) in [4.78, 5) is 12.0. The number of pyridine rings is 1. The van der Waals surface area contributed by atoms with E-state index in [0.29, 0.717) is 22.5 Å². The number of nitrogen functional groups attached to an aromatic ring is 1. The Balaban J connectivity index is 2.25. The molecule has 0 fully saturated rings. The van der Waals surface area contributed by atoms with Crippen molar-refractivity contribution in [2.24, 2.45) is 0 Å². The van der Waals surface area contributed by atoms with E-state index in [0.717, 1.165) is 0 Å². The molecule has 0 atom stereocenters. The minimum Gasteiger partial charge on any atom is -0.399 e. The highest BCUT2D eigenvalue weighted by atomic mass is 35.5. The van der Waals surface area contributed by atoms with E-state index in [1.807, 2.05) is 0 Å². The number of anilines is 3. The highest BCUT2D eigenvalue weighted by molar-refractivity contribution is 6.29. The van der Waals surface area contributed by atoms with Crippen LogP contribution in [0.3, 0.4) is 0 Å². The number of aromatic nitrogens is 3. The Morgan fingerprint density at radius 2 is 2.07 bits per heavy atom. The number of nitrogens with one attached hydrogen (secondary N) is 1. The van der Waals surface area contributed by atoms with Gasteiger partial charge in [-0.3, -0.25) is 4.98 Å². The highest BCUT2D eigenvalue weighted by Crippen LogP contribution is 2.18. The van der Waals surface area contributed by atoms with Crippen LogP contribution in [-0.4, -0.2) is 15.0 Å². The first-order chi connectivity index (χ1) is 7.24. The molecule has 2 heterocycles. The molecule has 0 spiro atoms. The predicted octanol–water partition coefficient (Wildman–Crippen LogP) is 1.85. The standard InChI is InChI=1S/C9H8ClN5/c10-7-3-6(11)4-8(14-7)15-9-5-12-1-2-13-9/h1-5H,(H3,11,13,14,15). The summed E-state index contributed by atoms with van der Waals surface area (Å²) in [5, 5.41) is 3.27. The van der Waals surface area contributed by atoms with E-state index < -0.39 is 0 Å². The van der Waals surface area contributed by atoms with E-state index in [2.05, 4.69) is 20.3 Å². The van der Waals surface area contributed by atoms with Crippen LogP contribution in [0, 0.1) is 0 Å². The van der Waals surface area contributed by atoms with Gasteiger partial charge >= 0.3 is 0 Å². The molecule has 0 aliphatic carbocycles. The molecule has 0 saturated heterocycles. The highest BCUT2D eigenvalue weighted by Gasteiger charge is 2.00. The van der Waals surface area contributed by atoms with E-state index in [1.54, 1.807) is 30.7 Å². The number of halogens is 1. The summed E-state index contributed by atoms with van der Waals surface area (Å²) in [6, 6.07) is 3.24. The second-order valence-corrected chi connectivity index (χ2v) is 3.21. The zero-order valence-corrected chi connectivity index (χ0v) is 8.44. The van der Waals surface area contributed by atoms with Crippen LogP contribution in [0.1, 0.15) is 0 Å². The molecule has 0 unspecified atom stereocenters. The normalized spacial score (nSPS) is 9.93. The summed E-state index contributed by atoms with van der Waals surface area (Å²) in [5.41, 5.74) is 6.16. The summed E-state index contributed by atoms with van der Waals surface area (Å²) in [6.07, 6.45) is 4.75. The van der Waals surface area contributed by atoms with E-state index in [-0.39, 0.29) is 0 Å². The third-order valence-electron chi connectivity index (χ3n) is 1.64. The molecule has 3 N–H and O–H groups in total.